The fourth-order valence-corrected chi connectivity index (χ4v) is 4.19. The topological polar surface area (TPSA) is 128 Å². The Hall–Kier alpha value is -3.77. The number of ether oxygens (including phenoxy) is 2. The SMILES string of the molecule is Clc1ccc2c(NCCn3cc(COc4nc(NC5CC5)nc(N5CCOCC5)n4)nn3)ccnc2c1. The Labute approximate surface area is 218 Å². The maximum atomic E-state index is 6.09. The molecule has 0 spiro atoms. The van der Waals surface area contributed by atoms with Gasteiger partial charge in [0.1, 0.15) is 12.3 Å². The van der Waals surface area contributed by atoms with Gasteiger partial charge < -0.3 is 25.0 Å². The largest absolute Gasteiger partial charge is 0.457 e. The first-order chi connectivity index (χ1) is 18.2. The van der Waals surface area contributed by atoms with Gasteiger partial charge in [-0.15, -0.1) is 5.10 Å². The molecule has 0 radical (unpaired) electrons. The Kier molecular flexibility index (Phi) is 6.82. The summed E-state index contributed by atoms with van der Waals surface area (Å²) < 4.78 is 13.1. The lowest BCUT2D eigenvalue weighted by atomic mass is 10.2. The van der Waals surface area contributed by atoms with Gasteiger partial charge in [-0.3, -0.25) is 9.67 Å². The van der Waals surface area contributed by atoms with Crippen LogP contribution in [0, 0.1) is 0 Å². The van der Waals surface area contributed by atoms with Crippen molar-refractivity contribution in [3.63, 3.8) is 0 Å². The molecule has 2 fully saturated rings. The second kappa shape index (κ2) is 10.7. The number of pyridine rings is 1. The predicted molar refractivity (Wildman–Crippen MR) is 139 cm³/mol. The molecule has 4 heterocycles. The normalized spacial score (nSPS) is 15.6. The average Bonchev–Trinajstić information content (AvgIpc) is 3.62. The Morgan fingerprint density at radius 1 is 1.11 bits per heavy atom. The van der Waals surface area contributed by atoms with Crippen molar-refractivity contribution in [1.29, 1.82) is 0 Å². The van der Waals surface area contributed by atoms with Gasteiger partial charge in [-0.05, 0) is 37.1 Å². The van der Waals surface area contributed by atoms with E-state index in [4.69, 9.17) is 21.1 Å². The maximum Gasteiger partial charge on any atom is 0.323 e. The minimum absolute atomic E-state index is 0.207. The van der Waals surface area contributed by atoms with Crippen LogP contribution in [-0.4, -0.2) is 73.8 Å². The summed E-state index contributed by atoms with van der Waals surface area (Å²) >= 11 is 6.09. The number of hydrogen-bond acceptors (Lipinski definition) is 11. The van der Waals surface area contributed by atoms with E-state index in [2.05, 4.69) is 45.8 Å². The monoisotopic (exact) mass is 522 g/mol. The van der Waals surface area contributed by atoms with Crippen molar-refractivity contribution in [1.82, 2.24) is 34.9 Å². The van der Waals surface area contributed by atoms with Crippen LogP contribution in [0.4, 0.5) is 17.6 Å². The number of fused-ring (bicyclic) bond motifs is 1. The van der Waals surface area contributed by atoms with Gasteiger partial charge >= 0.3 is 6.01 Å². The van der Waals surface area contributed by atoms with Crippen molar-refractivity contribution in [3.05, 3.63) is 47.4 Å². The molecular formula is C24H27ClN10O2. The Morgan fingerprint density at radius 3 is 2.86 bits per heavy atom. The number of morpholine rings is 1. The van der Waals surface area contributed by atoms with Crippen LogP contribution in [0.5, 0.6) is 6.01 Å². The molecule has 0 bridgehead atoms. The van der Waals surface area contributed by atoms with Crippen LogP contribution in [0.25, 0.3) is 10.9 Å². The zero-order valence-electron chi connectivity index (χ0n) is 20.2. The fraction of sp³-hybridized carbons (Fsp3) is 0.417. The van der Waals surface area contributed by atoms with E-state index < -0.39 is 0 Å². The van der Waals surface area contributed by atoms with Crippen LogP contribution in [0.15, 0.2) is 36.7 Å². The minimum atomic E-state index is 0.207. The summed E-state index contributed by atoms with van der Waals surface area (Å²) in [4.78, 5) is 20.0. The van der Waals surface area contributed by atoms with E-state index in [1.165, 1.54) is 0 Å². The molecule has 0 amide bonds. The molecule has 2 aliphatic rings. The summed E-state index contributed by atoms with van der Waals surface area (Å²) in [5, 5.41) is 16.9. The van der Waals surface area contributed by atoms with Crippen LogP contribution in [0.3, 0.4) is 0 Å². The molecule has 12 nitrogen and oxygen atoms in total. The molecule has 37 heavy (non-hydrogen) atoms. The molecule has 192 valence electrons. The van der Waals surface area contributed by atoms with E-state index in [1.54, 1.807) is 10.9 Å². The number of anilines is 3. The second-order valence-corrected chi connectivity index (χ2v) is 9.40. The molecule has 0 unspecified atom stereocenters. The lowest BCUT2D eigenvalue weighted by molar-refractivity contribution is 0.122. The first-order valence-corrected chi connectivity index (χ1v) is 12.7. The Morgan fingerprint density at radius 2 is 2.00 bits per heavy atom. The van der Waals surface area contributed by atoms with Gasteiger partial charge in [-0.2, -0.15) is 15.0 Å². The number of benzene rings is 1. The van der Waals surface area contributed by atoms with E-state index in [-0.39, 0.29) is 12.6 Å². The number of halogens is 1. The molecule has 1 aromatic carbocycles. The molecule has 13 heteroatoms. The summed E-state index contributed by atoms with van der Waals surface area (Å²) in [6, 6.07) is 8.32. The molecule has 3 aromatic heterocycles. The third-order valence-corrected chi connectivity index (χ3v) is 6.34. The van der Waals surface area contributed by atoms with Crippen molar-refractivity contribution >= 4 is 40.1 Å². The number of nitrogens with zero attached hydrogens (tertiary/aromatic N) is 8. The third kappa shape index (κ3) is 5.97. The summed E-state index contributed by atoms with van der Waals surface area (Å²) in [7, 11) is 0. The summed E-state index contributed by atoms with van der Waals surface area (Å²) in [6.45, 7) is 4.27. The van der Waals surface area contributed by atoms with Crippen LogP contribution < -0.4 is 20.3 Å². The van der Waals surface area contributed by atoms with E-state index in [0.29, 0.717) is 55.0 Å². The lowest BCUT2D eigenvalue weighted by Crippen LogP contribution is -2.37. The second-order valence-electron chi connectivity index (χ2n) is 8.97. The molecule has 1 saturated carbocycles. The fourth-order valence-electron chi connectivity index (χ4n) is 4.02. The molecule has 1 aliphatic carbocycles. The maximum absolute atomic E-state index is 6.09. The van der Waals surface area contributed by atoms with Crippen LogP contribution in [0.1, 0.15) is 18.5 Å². The van der Waals surface area contributed by atoms with Gasteiger partial charge in [0.25, 0.3) is 0 Å². The van der Waals surface area contributed by atoms with Crippen LogP contribution in [-0.2, 0) is 17.9 Å². The van der Waals surface area contributed by atoms with Crippen molar-refractivity contribution in [3.8, 4) is 6.01 Å². The first kappa shape index (κ1) is 23.6. The van der Waals surface area contributed by atoms with Crippen LogP contribution >= 0.6 is 11.6 Å². The van der Waals surface area contributed by atoms with Gasteiger partial charge in [0.05, 0.1) is 31.5 Å². The Balaban J connectivity index is 1.06. The van der Waals surface area contributed by atoms with Crippen molar-refractivity contribution < 1.29 is 9.47 Å². The van der Waals surface area contributed by atoms with Gasteiger partial charge in [0.15, 0.2) is 0 Å². The quantitative estimate of drug-likeness (QED) is 0.319. The lowest BCUT2D eigenvalue weighted by Gasteiger charge is -2.27. The van der Waals surface area contributed by atoms with E-state index in [9.17, 15) is 0 Å². The molecule has 1 aliphatic heterocycles. The molecule has 6 rings (SSSR count). The number of rotatable bonds is 10. The zero-order valence-corrected chi connectivity index (χ0v) is 20.9. The van der Waals surface area contributed by atoms with Crippen molar-refractivity contribution in [2.45, 2.75) is 32.0 Å². The van der Waals surface area contributed by atoms with Gasteiger partial charge in [0, 0.05) is 48.0 Å². The Bertz CT molecular complexity index is 1370. The zero-order chi connectivity index (χ0) is 25.0. The molecule has 1 saturated heterocycles. The number of aromatic nitrogens is 7. The predicted octanol–water partition coefficient (Wildman–Crippen LogP) is 2.77. The highest BCUT2D eigenvalue weighted by molar-refractivity contribution is 6.31. The average molecular weight is 523 g/mol. The smallest absolute Gasteiger partial charge is 0.323 e. The van der Waals surface area contributed by atoms with E-state index in [0.717, 1.165) is 42.5 Å². The van der Waals surface area contributed by atoms with Gasteiger partial charge in [-0.1, -0.05) is 16.8 Å². The van der Waals surface area contributed by atoms with Crippen molar-refractivity contribution in [2.75, 3.05) is 48.4 Å². The highest BCUT2D eigenvalue weighted by Gasteiger charge is 2.24. The standard InChI is InChI=1S/C24H27ClN10O2/c25-16-1-4-19-20(5-6-26-21(19)13-16)27-7-8-35-14-18(32-33-35)15-37-24-30-22(28-17-2-3-17)29-23(31-24)34-9-11-36-12-10-34/h1,4-6,13-14,17H,2-3,7-12,15H2,(H,26,27)(H,28,29,30,31). The van der Waals surface area contributed by atoms with Gasteiger partial charge in [0.2, 0.25) is 11.9 Å². The molecule has 4 aromatic rings. The minimum Gasteiger partial charge on any atom is -0.457 e. The molecular weight excluding hydrogens is 496 g/mol. The highest BCUT2D eigenvalue weighted by atomic mass is 35.5. The third-order valence-electron chi connectivity index (χ3n) is 6.10. The summed E-state index contributed by atoms with van der Waals surface area (Å²) in [5.74, 6) is 1.13. The summed E-state index contributed by atoms with van der Waals surface area (Å²) in [5.41, 5.74) is 2.53. The first-order valence-electron chi connectivity index (χ1n) is 12.3. The number of hydrogen-bond donors (Lipinski definition) is 2. The van der Waals surface area contributed by atoms with Crippen molar-refractivity contribution in [2.24, 2.45) is 0 Å². The number of nitrogens with one attached hydrogen (secondary N) is 2. The van der Waals surface area contributed by atoms with Gasteiger partial charge in [-0.25, -0.2) is 0 Å². The van der Waals surface area contributed by atoms with Crippen LogP contribution in [0.2, 0.25) is 5.02 Å². The molecule has 0 atom stereocenters. The van der Waals surface area contributed by atoms with E-state index in [1.807, 2.05) is 30.5 Å². The summed E-state index contributed by atoms with van der Waals surface area (Å²) in [6.07, 6.45) is 5.87. The van der Waals surface area contributed by atoms with E-state index >= 15 is 0 Å². The molecule has 2 N–H and O–H groups in total. The highest BCUT2D eigenvalue weighted by Crippen LogP contribution is 2.26.